The van der Waals surface area contributed by atoms with Gasteiger partial charge in [0.25, 0.3) is 0 Å². The molecule has 0 saturated carbocycles. The van der Waals surface area contributed by atoms with E-state index in [2.05, 4.69) is 9.47 Å². The molecule has 0 bridgehead atoms. The molecule has 0 radical (unpaired) electrons. The fourth-order valence-corrected chi connectivity index (χ4v) is 3.65. The summed E-state index contributed by atoms with van der Waals surface area (Å²) >= 11 is 0. The van der Waals surface area contributed by atoms with Gasteiger partial charge in [-0.2, -0.15) is 0 Å². The maximum atomic E-state index is 10.7. The lowest BCUT2D eigenvalue weighted by Gasteiger charge is -2.09. The fourth-order valence-electron chi connectivity index (χ4n) is 3.65. The van der Waals surface area contributed by atoms with Gasteiger partial charge in [-0.15, -0.1) is 0 Å². The minimum Gasteiger partial charge on any atom is -0.446 e. The number of rotatable bonds is 48. The van der Waals surface area contributed by atoms with Crippen LogP contribution in [0.25, 0.3) is 0 Å². The van der Waals surface area contributed by atoms with Crippen molar-refractivity contribution in [3.8, 4) is 0 Å². The second-order valence-electron chi connectivity index (χ2n) is 10.7. The average Bonchev–Trinajstić information content (AvgIpc) is 3.22. The lowest BCUT2D eigenvalue weighted by atomic mass is 10.6. The van der Waals surface area contributed by atoms with Crippen LogP contribution in [0.4, 0.5) is 9.59 Å². The van der Waals surface area contributed by atoms with Crippen LogP contribution in [-0.2, 0) is 80.5 Å². The molecule has 0 aliphatic heterocycles. The molecule has 0 aliphatic carbocycles. The maximum absolute atomic E-state index is 10.7. The van der Waals surface area contributed by atoms with Gasteiger partial charge in [-0.1, -0.05) is 0 Å². The van der Waals surface area contributed by atoms with Crippen molar-refractivity contribution in [2.45, 2.75) is 0 Å². The molecular weight excluding hydrogens is 768 g/mol. The van der Waals surface area contributed by atoms with Gasteiger partial charge >= 0.3 is 12.2 Å². The van der Waals surface area contributed by atoms with Gasteiger partial charge in [-0.3, -0.25) is 10.9 Å². The summed E-state index contributed by atoms with van der Waals surface area (Å²) in [6.07, 6.45) is -1.40. The number of carbonyl (C=O) groups is 2. The third-order valence-corrected chi connectivity index (χ3v) is 6.37. The zero-order valence-corrected chi connectivity index (χ0v) is 33.5. The van der Waals surface area contributed by atoms with Crippen molar-refractivity contribution >= 4 is 12.2 Å². The van der Waals surface area contributed by atoms with E-state index in [-0.39, 0.29) is 26.4 Å². The van der Waals surface area contributed by atoms with Crippen molar-refractivity contribution in [3.63, 3.8) is 0 Å². The molecule has 0 spiro atoms. The Morgan fingerprint density at radius 3 is 0.439 bits per heavy atom. The van der Waals surface area contributed by atoms with Crippen molar-refractivity contribution in [3.05, 3.63) is 0 Å². The first-order valence-corrected chi connectivity index (χ1v) is 19.1. The van der Waals surface area contributed by atoms with Gasteiger partial charge in [0, 0.05) is 0 Å². The van der Waals surface area contributed by atoms with E-state index in [9.17, 15) is 9.59 Å². The minimum absolute atomic E-state index is 0.120. The molecular formula is C34H70N4O19. The highest BCUT2D eigenvalue weighted by atomic mass is 16.6. The number of nitrogens with one attached hydrogen (secondary N) is 2. The molecule has 0 unspecified atom stereocenters. The van der Waals surface area contributed by atoms with Gasteiger partial charge in [0.05, 0.1) is 198 Å². The Morgan fingerprint density at radius 2 is 0.333 bits per heavy atom. The van der Waals surface area contributed by atoms with Crippen molar-refractivity contribution in [1.82, 2.24) is 10.9 Å². The fraction of sp³-hybridized carbons (Fsp3) is 0.941. The number of hydrogen-bond acceptors (Lipinski definition) is 21. The Bertz CT molecular complexity index is 754. The van der Waals surface area contributed by atoms with Crippen LogP contribution in [0.5, 0.6) is 0 Å². The van der Waals surface area contributed by atoms with Crippen LogP contribution in [0.1, 0.15) is 0 Å². The van der Waals surface area contributed by atoms with E-state index in [4.69, 9.17) is 82.7 Å². The number of carbonyl (C=O) groups excluding carboxylic acids is 2. The summed E-state index contributed by atoms with van der Waals surface area (Å²) in [4.78, 5) is 21.5. The van der Waals surface area contributed by atoms with Crippen LogP contribution in [0.3, 0.4) is 0 Å². The maximum Gasteiger partial charge on any atom is 0.421 e. The smallest absolute Gasteiger partial charge is 0.421 e. The third kappa shape index (κ3) is 49.9. The SMILES string of the molecule is NNC(=O)OCCOCCOCCOCCOCCOCCOCCOCCOCCOCCOCCOCCOCCOCCOCCOCCOC(=O)NN. The monoisotopic (exact) mass is 838 g/mol. The normalized spacial score (nSPS) is 11.3. The summed E-state index contributed by atoms with van der Waals surface area (Å²) in [5.41, 5.74) is 3.71. The van der Waals surface area contributed by atoms with Crippen molar-refractivity contribution in [2.75, 3.05) is 211 Å². The first-order valence-electron chi connectivity index (χ1n) is 19.1. The second kappa shape index (κ2) is 50.0. The lowest BCUT2D eigenvalue weighted by Crippen LogP contribution is -2.31. The molecule has 23 nitrogen and oxygen atoms in total. The number of amides is 2. The molecule has 6 N–H and O–H groups in total. The minimum atomic E-state index is -0.701. The molecule has 340 valence electrons. The van der Waals surface area contributed by atoms with Crippen LogP contribution in [0.2, 0.25) is 0 Å². The molecule has 0 aromatic rings. The molecule has 0 aromatic heterocycles. The highest BCUT2D eigenvalue weighted by Crippen LogP contribution is 1.89. The van der Waals surface area contributed by atoms with Gasteiger partial charge in [0.2, 0.25) is 0 Å². The zero-order valence-electron chi connectivity index (χ0n) is 33.5. The van der Waals surface area contributed by atoms with E-state index in [0.717, 1.165) is 0 Å². The van der Waals surface area contributed by atoms with E-state index in [1.54, 1.807) is 0 Å². The molecule has 0 rings (SSSR count). The highest BCUT2D eigenvalue weighted by Gasteiger charge is 2.00. The van der Waals surface area contributed by atoms with E-state index in [1.165, 1.54) is 0 Å². The molecule has 2 amide bonds. The molecule has 0 atom stereocenters. The molecule has 0 aromatic carbocycles. The molecule has 57 heavy (non-hydrogen) atoms. The van der Waals surface area contributed by atoms with Gasteiger partial charge in [-0.05, 0) is 0 Å². The predicted octanol–water partition coefficient (Wildman–Crippen LogP) is -1.56. The van der Waals surface area contributed by atoms with E-state index < -0.39 is 12.2 Å². The Labute approximate surface area is 336 Å². The topological polar surface area (TPSA) is 267 Å². The summed E-state index contributed by atoms with van der Waals surface area (Å²) in [6, 6.07) is 0. The Kier molecular flexibility index (Phi) is 48.1. The zero-order chi connectivity index (χ0) is 41.2. The standard InChI is InChI=1S/C34H70N4O19/c35-37-33(39)56-31-29-54-27-25-52-23-21-50-19-17-48-15-13-46-11-9-44-7-5-42-3-1-41-2-4-43-6-8-45-10-12-47-14-16-49-18-20-51-22-24-53-26-28-55-30-32-57-34(40)38-36/h1-32,35-36H2,(H,37,39)(H,38,40). The molecule has 0 aliphatic rings. The van der Waals surface area contributed by atoms with Crippen molar-refractivity contribution in [2.24, 2.45) is 11.7 Å². The Hall–Kier alpha value is -2.14. The number of hydrogen-bond donors (Lipinski definition) is 4. The second-order valence-corrected chi connectivity index (χ2v) is 10.7. The van der Waals surface area contributed by atoms with E-state index in [1.807, 2.05) is 10.9 Å². The van der Waals surface area contributed by atoms with Gasteiger partial charge in [-0.25, -0.2) is 21.3 Å². The largest absolute Gasteiger partial charge is 0.446 e. The summed E-state index contributed by atoms with van der Waals surface area (Å²) in [5.74, 6) is 9.76. The van der Waals surface area contributed by atoms with Crippen LogP contribution in [0.15, 0.2) is 0 Å². The van der Waals surface area contributed by atoms with Gasteiger partial charge in [0.15, 0.2) is 0 Å². The summed E-state index contributed by atoms with van der Waals surface area (Å²) in [5, 5.41) is 0. The Morgan fingerprint density at radius 1 is 0.228 bits per heavy atom. The number of nitrogens with two attached hydrogens (primary N) is 2. The average molecular weight is 839 g/mol. The Balaban J connectivity index is 3.07. The van der Waals surface area contributed by atoms with E-state index >= 15 is 0 Å². The summed E-state index contributed by atoms with van der Waals surface area (Å²) in [6.45, 7) is 13.7. The van der Waals surface area contributed by atoms with Crippen LogP contribution in [-0.4, -0.2) is 224 Å². The first kappa shape index (κ1) is 54.9. The van der Waals surface area contributed by atoms with E-state index in [0.29, 0.717) is 185 Å². The highest BCUT2D eigenvalue weighted by molar-refractivity contribution is 5.66. The number of ether oxygens (including phenoxy) is 17. The van der Waals surface area contributed by atoms with Crippen LogP contribution >= 0.6 is 0 Å². The molecule has 23 heteroatoms. The number of hydrazine groups is 2. The summed E-state index contributed by atoms with van der Waals surface area (Å²) in [7, 11) is 0. The van der Waals surface area contributed by atoms with Crippen molar-refractivity contribution in [1.29, 1.82) is 0 Å². The van der Waals surface area contributed by atoms with Gasteiger partial charge < -0.3 is 80.5 Å². The predicted molar refractivity (Wildman–Crippen MR) is 200 cm³/mol. The van der Waals surface area contributed by atoms with Gasteiger partial charge in [0.1, 0.15) is 13.2 Å². The quantitative estimate of drug-likeness (QED) is 0.0233. The lowest BCUT2D eigenvalue weighted by molar-refractivity contribution is -0.0303. The third-order valence-electron chi connectivity index (χ3n) is 6.37. The first-order chi connectivity index (χ1) is 28.2. The van der Waals surface area contributed by atoms with Crippen LogP contribution in [0, 0.1) is 0 Å². The summed E-state index contributed by atoms with van der Waals surface area (Å²) < 4.78 is 90.6. The molecule has 0 saturated heterocycles. The van der Waals surface area contributed by atoms with Crippen molar-refractivity contribution < 1.29 is 90.1 Å². The molecule has 0 heterocycles. The van der Waals surface area contributed by atoms with Crippen LogP contribution < -0.4 is 22.5 Å². The molecule has 0 fully saturated rings.